The van der Waals surface area contributed by atoms with Gasteiger partial charge in [-0.1, -0.05) is 54.9 Å². The van der Waals surface area contributed by atoms with Crippen molar-refractivity contribution in [3.63, 3.8) is 0 Å². The number of pyridine rings is 3. The van der Waals surface area contributed by atoms with Gasteiger partial charge in [-0.15, -0.1) is 0 Å². The monoisotopic (exact) mass is 563 g/mol. The molecule has 23 heavy (non-hydrogen) atoms. The maximum atomic E-state index is 4.76. The van der Waals surface area contributed by atoms with Gasteiger partial charge in [0.2, 0.25) is 0 Å². The number of H-pyrrole nitrogens is 3. The smallest absolute Gasteiger partial charge is 0.103 e. The van der Waals surface area contributed by atoms with Crippen LogP contribution >= 0.6 is 36.7 Å². The largest absolute Gasteiger partial charge is 1.00 e. The molecule has 0 bridgehead atoms. The molecule has 0 fully saturated rings. The van der Waals surface area contributed by atoms with Crippen molar-refractivity contribution in [1.29, 1.82) is 0 Å². The fourth-order valence-corrected chi connectivity index (χ4v) is 1.57. The van der Waals surface area contributed by atoms with Gasteiger partial charge in [-0.25, -0.2) is 0 Å². The second-order valence-electron chi connectivity index (χ2n) is 3.68. The number of nitrogens with one attached hydrogen (secondary N) is 3. The minimum Gasteiger partial charge on any atom is -1.00 e. The van der Waals surface area contributed by atoms with Crippen LogP contribution in [0.25, 0.3) is 0 Å². The third kappa shape index (κ3) is 14.4. The number of hydrogen-bond donors (Lipinski definition) is 3. The van der Waals surface area contributed by atoms with Gasteiger partial charge in [0.05, 0.1) is 0 Å². The summed E-state index contributed by atoms with van der Waals surface area (Å²) in [6.07, 6.45) is 5.42. The molecule has 0 amide bonds. The first-order valence-electron chi connectivity index (χ1n) is 6.09. The minimum absolute atomic E-state index is 0. The Kier molecular flexibility index (Phi) is 16.9. The molecule has 3 aromatic heterocycles. The molecule has 0 spiro atoms. The molecular weight excluding hydrogens is 549 g/mol. The summed E-state index contributed by atoms with van der Waals surface area (Å²) in [6, 6.07) is 16.9. The third-order valence-electron chi connectivity index (χ3n) is 2.04. The Bertz CT molecular complexity index is 641. The van der Waals surface area contributed by atoms with E-state index in [2.05, 4.69) is 15.0 Å². The van der Waals surface area contributed by atoms with Crippen molar-refractivity contribution in [1.82, 2.24) is 15.0 Å². The van der Waals surface area contributed by atoms with E-state index >= 15 is 0 Å². The van der Waals surface area contributed by atoms with Crippen LogP contribution in [0.4, 0.5) is 0 Å². The van der Waals surface area contributed by atoms with Gasteiger partial charge in [-0.2, -0.15) is 0 Å². The van der Waals surface area contributed by atoms with E-state index in [0.29, 0.717) is 0 Å². The molecule has 3 N–H and O–H groups in total. The second kappa shape index (κ2) is 16.0. The summed E-state index contributed by atoms with van der Waals surface area (Å²) < 4.78 is 2.34. The topological polar surface area (TPSA) is 47.4 Å². The van der Waals surface area contributed by atoms with E-state index in [0.717, 1.165) is 13.9 Å². The van der Waals surface area contributed by atoms with Crippen LogP contribution in [0.1, 0.15) is 0 Å². The van der Waals surface area contributed by atoms with E-state index in [9.17, 15) is 0 Å². The molecule has 126 valence electrons. The average Bonchev–Trinajstić information content (AvgIpc) is 2.51. The minimum atomic E-state index is 0. The Morgan fingerprint density at radius 3 is 0.870 bits per heavy atom. The number of aromatic amines is 3. The predicted molar refractivity (Wildman–Crippen MR) is 94.9 cm³/mol. The zero-order valence-corrected chi connectivity index (χ0v) is 17.3. The van der Waals surface area contributed by atoms with Gasteiger partial charge in [0.25, 0.3) is 0 Å². The first kappa shape index (κ1) is 24.3. The zero-order valence-electron chi connectivity index (χ0n) is 11.8. The van der Waals surface area contributed by atoms with Crippen molar-refractivity contribution in [2.75, 3.05) is 0 Å². The summed E-state index contributed by atoms with van der Waals surface area (Å²) in [7, 11) is 0. The second-order valence-corrected chi connectivity index (χ2v) is 5.00. The van der Waals surface area contributed by atoms with Crippen molar-refractivity contribution < 1.29 is 33.5 Å². The van der Waals surface area contributed by atoms with Gasteiger partial charge in [0.15, 0.2) is 0 Å². The van der Waals surface area contributed by atoms with Crippen LogP contribution in [0, 0.1) is 13.9 Å². The van der Waals surface area contributed by atoms with Crippen molar-refractivity contribution in [2.24, 2.45) is 0 Å². The summed E-state index contributed by atoms with van der Waals surface area (Å²) >= 11 is 14.3. The van der Waals surface area contributed by atoms with Gasteiger partial charge in [0, 0.05) is 39.7 Å². The predicted octanol–water partition coefficient (Wildman–Crippen LogP) is 2.23. The Labute approximate surface area is 171 Å². The van der Waals surface area contributed by atoms with Gasteiger partial charge in [-0.3, -0.25) is 0 Å². The van der Waals surface area contributed by atoms with Gasteiger partial charge < -0.3 is 27.4 Å². The molecule has 0 aliphatic carbocycles. The molecule has 0 atom stereocenters. The van der Waals surface area contributed by atoms with Crippen LogP contribution in [0.2, 0.25) is 0 Å². The van der Waals surface area contributed by atoms with Crippen molar-refractivity contribution >= 4 is 36.7 Å². The van der Waals surface area contributed by atoms with Crippen molar-refractivity contribution in [3.8, 4) is 0 Å². The Morgan fingerprint density at radius 2 is 0.783 bits per heavy atom. The molecular formula is C15H15ClN3PtS3-. The van der Waals surface area contributed by atoms with E-state index < -0.39 is 0 Å². The SMILES string of the molecule is S=c1cccc[nH]1.S=c1cccc[nH]1.S=c1cccc[nH]1.[Cl-].[Pt]. The average molecular weight is 564 g/mol. The summed E-state index contributed by atoms with van der Waals surface area (Å²) in [5.41, 5.74) is 0. The van der Waals surface area contributed by atoms with Gasteiger partial charge in [0.1, 0.15) is 13.9 Å². The molecule has 3 nitrogen and oxygen atoms in total. The van der Waals surface area contributed by atoms with Crippen molar-refractivity contribution in [3.05, 3.63) is 87.1 Å². The Balaban J connectivity index is 0. The van der Waals surface area contributed by atoms with Crippen LogP contribution in [0.5, 0.6) is 0 Å². The van der Waals surface area contributed by atoms with Gasteiger partial charge in [-0.05, 0) is 36.4 Å². The zero-order chi connectivity index (χ0) is 15.3. The fourth-order valence-electron chi connectivity index (χ4n) is 1.13. The summed E-state index contributed by atoms with van der Waals surface area (Å²) in [4.78, 5) is 8.54. The molecule has 0 saturated heterocycles. The summed E-state index contributed by atoms with van der Waals surface area (Å²) in [5, 5.41) is 0. The van der Waals surface area contributed by atoms with Crippen LogP contribution in [0.3, 0.4) is 0 Å². The molecule has 3 rings (SSSR count). The molecule has 0 aromatic carbocycles. The van der Waals surface area contributed by atoms with Crippen molar-refractivity contribution in [2.45, 2.75) is 0 Å². The quantitative estimate of drug-likeness (QED) is 0.368. The molecule has 0 saturated carbocycles. The Hall–Kier alpha value is -0.912. The first-order valence-corrected chi connectivity index (χ1v) is 7.32. The normalized spacial score (nSPS) is 7.83. The molecule has 8 heteroatoms. The number of hydrogen-bond acceptors (Lipinski definition) is 3. The van der Waals surface area contributed by atoms with E-state index in [4.69, 9.17) is 36.7 Å². The molecule has 3 aromatic rings. The van der Waals surface area contributed by atoms with E-state index in [1.54, 1.807) is 0 Å². The van der Waals surface area contributed by atoms with E-state index in [1.165, 1.54) is 0 Å². The first-order chi connectivity index (χ1) is 10.2. The maximum Gasteiger partial charge on any atom is 0.103 e. The Morgan fingerprint density at radius 1 is 0.522 bits per heavy atom. The molecule has 0 radical (unpaired) electrons. The standard InChI is InChI=1S/3C5H5NS.ClH.Pt/c3*7-5-3-1-2-4-6-5;;/h3*1-4H,(H,6,7);1H;/p-1. The number of aromatic nitrogens is 3. The molecule has 3 heterocycles. The summed E-state index contributed by atoms with van der Waals surface area (Å²) in [5.74, 6) is 0. The molecule has 0 unspecified atom stereocenters. The van der Waals surface area contributed by atoms with E-state index in [1.807, 2.05) is 73.2 Å². The molecule has 0 aliphatic rings. The summed E-state index contributed by atoms with van der Waals surface area (Å²) in [6.45, 7) is 0. The molecule has 0 aliphatic heterocycles. The van der Waals surface area contributed by atoms with E-state index in [-0.39, 0.29) is 33.5 Å². The third-order valence-corrected chi connectivity index (χ3v) is 2.80. The number of halogens is 1. The van der Waals surface area contributed by atoms with Crippen LogP contribution in [0.15, 0.2) is 73.2 Å². The van der Waals surface area contributed by atoms with Crippen LogP contribution < -0.4 is 12.4 Å². The van der Waals surface area contributed by atoms with Crippen LogP contribution in [-0.4, -0.2) is 15.0 Å². The van der Waals surface area contributed by atoms with Gasteiger partial charge >= 0.3 is 0 Å². The fraction of sp³-hybridized carbons (Fsp3) is 0. The van der Waals surface area contributed by atoms with Crippen LogP contribution in [-0.2, 0) is 21.1 Å². The number of rotatable bonds is 0. The maximum absolute atomic E-state index is 4.76.